The van der Waals surface area contributed by atoms with Gasteiger partial charge in [-0.3, -0.25) is 4.79 Å². The average Bonchev–Trinajstić information content (AvgIpc) is 3.24. The van der Waals surface area contributed by atoms with Crippen LogP contribution in [0.5, 0.6) is 5.75 Å². The SMILES string of the molecule is O=C(N[C@H]1CCOc2ccccc21)c1ccc(S(=O)(=O)N2CCCC2)cc1. The van der Waals surface area contributed by atoms with E-state index in [0.717, 1.165) is 24.2 Å². The van der Waals surface area contributed by atoms with E-state index in [4.69, 9.17) is 4.74 Å². The molecule has 6 nitrogen and oxygen atoms in total. The van der Waals surface area contributed by atoms with E-state index in [1.165, 1.54) is 16.4 Å². The molecule has 2 aliphatic rings. The van der Waals surface area contributed by atoms with Crippen molar-refractivity contribution in [3.8, 4) is 5.75 Å². The monoisotopic (exact) mass is 386 g/mol. The topological polar surface area (TPSA) is 75.7 Å². The zero-order chi connectivity index (χ0) is 18.9. The third-order valence-corrected chi connectivity index (χ3v) is 7.00. The minimum atomic E-state index is -3.46. The Morgan fingerprint density at radius 2 is 1.74 bits per heavy atom. The molecule has 1 fully saturated rings. The van der Waals surface area contributed by atoms with E-state index in [9.17, 15) is 13.2 Å². The summed E-state index contributed by atoms with van der Waals surface area (Å²) >= 11 is 0. The summed E-state index contributed by atoms with van der Waals surface area (Å²) in [6.45, 7) is 1.68. The molecule has 0 spiro atoms. The summed E-state index contributed by atoms with van der Waals surface area (Å²) < 4.78 is 32.3. The number of hydrogen-bond acceptors (Lipinski definition) is 4. The largest absolute Gasteiger partial charge is 0.493 e. The summed E-state index contributed by atoms with van der Waals surface area (Å²) in [5, 5.41) is 3.03. The lowest BCUT2D eigenvalue weighted by molar-refractivity contribution is 0.0924. The Kier molecular flexibility index (Phi) is 4.88. The third kappa shape index (κ3) is 3.57. The minimum Gasteiger partial charge on any atom is -0.493 e. The fourth-order valence-corrected chi connectivity index (χ4v) is 5.11. The number of benzene rings is 2. The predicted octanol–water partition coefficient (Wildman–Crippen LogP) is 2.72. The molecule has 1 saturated heterocycles. The number of amides is 1. The third-order valence-electron chi connectivity index (χ3n) is 5.08. The number of hydrogen-bond donors (Lipinski definition) is 1. The van der Waals surface area contributed by atoms with Crippen molar-refractivity contribution in [2.24, 2.45) is 0 Å². The summed E-state index contributed by atoms with van der Waals surface area (Å²) in [6, 6.07) is 13.7. The number of para-hydroxylation sites is 1. The van der Waals surface area contributed by atoms with Crippen LogP contribution in [0.15, 0.2) is 53.4 Å². The van der Waals surface area contributed by atoms with Crippen molar-refractivity contribution in [1.82, 2.24) is 9.62 Å². The van der Waals surface area contributed by atoms with Gasteiger partial charge in [-0.15, -0.1) is 0 Å². The number of nitrogens with zero attached hydrogens (tertiary/aromatic N) is 1. The van der Waals surface area contributed by atoms with E-state index < -0.39 is 10.0 Å². The van der Waals surface area contributed by atoms with Crippen LogP contribution in [0.25, 0.3) is 0 Å². The molecule has 2 aromatic rings. The summed E-state index contributed by atoms with van der Waals surface area (Å²) in [4.78, 5) is 12.9. The van der Waals surface area contributed by atoms with Crippen molar-refractivity contribution in [3.63, 3.8) is 0 Å². The maximum atomic E-state index is 12.6. The van der Waals surface area contributed by atoms with Gasteiger partial charge in [0.2, 0.25) is 10.0 Å². The Balaban J connectivity index is 1.49. The first-order valence-electron chi connectivity index (χ1n) is 9.18. The van der Waals surface area contributed by atoms with Crippen LogP contribution < -0.4 is 10.1 Å². The van der Waals surface area contributed by atoms with Crippen LogP contribution in [0.1, 0.15) is 41.2 Å². The van der Waals surface area contributed by atoms with Gasteiger partial charge in [0.25, 0.3) is 5.91 Å². The van der Waals surface area contributed by atoms with Crippen LogP contribution in [0.3, 0.4) is 0 Å². The van der Waals surface area contributed by atoms with E-state index >= 15 is 0 Å². The highest BCUT2D eigenvalue weighted by Gasteiger charge is 2.27. The van der Waals surface area contributed by atoms with E-state index in [-0.39, 0.29) is 16.8 Å². The van der Waals surface area contributed by atoms with Gasteiger partial charge >= 0.3 is 0 Å². The molecule has 0 unspecified atom stereocenters. The summed E-state index contributed by atoms with van der Waals surface area (Å²) in [7, 11) is -3.46. The summed E-state index contributed by atoms with van der Waals surface area (Å²) in [5.41, 5.74) is 1.41. The van der Waals surface area contributed by atoms with Crippen molar-refractivity contribution >= 4 is 15.9 Å². The van der Waals surface area contributed by atoms with Gasteiger partial charge in [-0.25, -0.2) is 8.42 Å². The molecule has 0 radical (unpaired) electrons. The van der Waals surface area contributed by atoms with E-state index in [1.807, 2.05) is 24.3 Å². The molecule has 0 saturated carbocycles. The number of nitrogens with one attached hydrogen (secondary N) is 1. The quantitative estimate of drug-likeness (QED) is 0.877. The molecule has 0 bridgehead atoms. The molecule has 1 N–H and O–H groups in total. The Hall–Kier alpha value is -2.38. The van der Waals surface area contributed by atoms with Gasteiger partial charge < -0.3 is 10.1 Å². The zero-order valence-corrected chi connectivity index (χ0v) is 15.7. The van der Waals surface area contributed by atoms with Gasteiger partial charge in [0.1, 0.15) is 5.75 Å². The summed E-state index contributed by atoms with van der Waals surface area (Å²) in [5.74, 6) is 0.572. The number of fused-ring (bicyclic) bond motifs is 1. The molecule has 0 aromatic heterocycles. The number of carbonyl (C=O) groups is 1. The van der Waals surface area contributed by atoms with Gasteiger partial charge in [0, 0.05) is 30.6 Å². The second-order valence-corrected chi connectivity index (χ2v) is 8.77. The lowest BCUT2D eigenvalue weighted by atomic mass is 10.00. The molecule has 2 aromatic carbocycles. The van der Waals surface area contributed by atoms with Crippen LogP contribution in [0.4, 0.5) is 0 Å². The predicted molar refractivity (Wildman–Crippen MR) is 101 cm³/mol. The lowest BCUT2D eigenvalue weighted by Gasteiger charge is -2.26. The van der Waals surface area contributed by atoms with Gasteiger partial charge in [-0.05, 0) is 43.2 Å². The van der Waals surface area contributed by atoms with Crippen LogP contribution in [-0.2, 0) is 10.0 Å². The number of carbonyl (C=O) groups excluding carboxylic acids is 1. The summed E-state index contributed by atoms with van der Waals surface area (Å²) in [6.07, 6.45) is 2.49. The standard InChI is InChI=1S/C20H22N2O4S/c23-20(21-18-11-14-26-19-6-2-1-5-17(18)19)15-7-9-16(10-8-15)27(24,25)22-12-3-4-13-22/h1-2,5-10,18H,3-4,11-14H2,(H,21,23)/t18-/m0/s1. The van der Waals surface area contributed by atoms with Crippen LogP contribution in [0, 0.1) is 0 Å². The zero-order valence-electron chi connectivity index (χ0n) is 14.9. The molecular formula is C20H22N2O4S. The van der Waals surface area contributed by atoms with Gasteiger partial charge in [-0.1, -0.05) is 18.2 Å². The molecule has 2 heterocycles. The highest BCUT2D eigenvalue weighted by molar-refractivity contribution is 7.89. The molecule has 2 aliphatic heterocycles. The average molecular weight is 386 g/mol. The van der Waals surface area contributed by atoms with Crippen LogP contribution >= 0.6 is 0 Å². The van der Waals surface area contributed by atoms with Crippen molar-refractivity contribution in [1.29, 1.82) is 0 Å². The van der Waals surface area contributed by atoms with E-state index in [0.29, 0.717) is 31.7 Å². The van der Waals surface area contributed by atoms with Crippen molar-refractivity contribution in [2.75, 3.05) is 19.7 Å². The number of sulfonamides is 1. The second-order valence-electron chi connectivity index (χ2n) is 6.84. The van der Waals surface area contributed by atoms with Gasteiger partial charge in [0.05, 0.1) is 17.5 Å². The molecule has 1 amide bonds. The van der Waals surface area contributed by atoms with Crippen molar-refractivity contribution in [3.05, 3.63) is 59.7 Å². The fraction of sp³-hybridized carbons (Fsp3) is 0.350. The molecule has 7 heteroatoms. The molecular weight excluding hydrogens is 364 g/mol. The van der Waals surface area contributed by atoms with Crippen molar-refractivity contribution < 1.29 is 17.9 Å². The first-order valence-corrected chi connectivity index (χ1v) is 10.6. The number of ether oxygens (including phenoxy) is 1. The lowest BCUT2D eigenvalue weighted by Crippen LogP contribution is -2.32. The maximum Gasteiger partial charge on any atom is 0.251 e. The highest BCUT2D eigenvalue weighted by atomic mass is 32.2. The fourth-order valence-electron chi connectivity index (χ4n) is 3.59. The molecule has 142 valence electrons. The van der Waals surface area contributed by atoms with Crippen molar-refractivity contribution in [2.45, 2.75) is 30.2 Å². The van der Waals surface area contributed by atoms with Crippen LogP contribution in [-0.4, -0.2) is 38.3 Å². The van der Waals surface area contributed by atoms with Crippen LogP contribution in [0.2, 0.25) is 0 Å². The normalized spacial score (nSPS) is 19.9. The second kappa shape index (κ2) is 7.32. The molecule has 0 aliphatic carbocycles. The minimum absolute atomic E-state index is 0.115. The van der Waals surface area contributed by atoms with E-state index in [2.05, 4.69) is 5.32 Å². The molecule has 1 atom stereocenters. The van der Waals surface area contributed by atoms with E-state index in [1.54, 1.807) is 12.1 Å². The Morgan fingerprint density at radius 1 is 1.04 bits per heavy atom. The van der Waals surface area contributed by atoms with Gasteiger partial charge in [0.15, 0.2) is 0 Å². The Morgan fingerprint density at radius 3 is 2.48 bits per heavy atom. The molecule has 27 heavy (non-hydrogen) atoms. The highest BCUT2D eigenvalue weighted by Crippen LogP contribution is 2.31. The first-order chi connectivity index (χ1) is 13.1. The Labute approximate surface area is 159 Å². The van der Waals surface area contributed by atoms with Gasteiger partial charge in [-0.2, -0.15) is 4.31 Å². The number of rotatable bonds is 4. The Bertz CT molecular complexity index is 935. The smallest absolute Gasteiger partial charge is 0.251 e. The first kappa shape index (κ1) is 18.0. The molecule has 4 rings (SSSR count). The maximum absolute atomic E-state index is 12.6.